The minimum Gasteiger partial charge on any atom is -0.482 e. The third kappa shape index (κ3) is 4.14. The molecule has 0 radical (unpaired) electrons. The summed E-state index contributed by atoms with van der Waals surface area (Å²) in [6, 6.07) is 7.57. The molecule has 0 bridgehead atoms. The van der Waals surface area contributed by atoms with Gasteiger partial charge in [0.1, 0.15) is 5.75 Å². The molecule has 1 aromatic carbocycles. The average molecular weight is 271 g/mol. The summed E-state index contributed by atoms with van der Waals surface area (Å²) in [7, 11) is 0. The van der Waals surface area contributed by atoms with Crippen molar-refractivity contribution < 1.29 is 14.6 Å². The highest BCUT2D eigenvalue weighted by Crippen LogP contribution is 2.27. The van der Waals surface area contributed by atoms with Crippen LogP contribution in [0.15, 0.2) is 24.3 Å². The van der Waals surface area contributed by atoms with Gasteiger partial charge in [0.05, 0.1) is 10.5 Å². The SMILES string of the molecule is O=C(O)COc1ccc(CC2NSCS2)cc1. The molecule has 1 heterocycles. The van der Waals surface area contributed by atoms with Gasteiger partial charge < -0.3 is 9.84 Å². The number of ether oxygens (including phenoxy) is 1. The summed E-state index contributed by atoms with van der Waals surface area (Å²) in [5.74, 6) is -0.366. The van der Waals surface area contributed by atoms with Crippen LogP contribution in [0.2, 0.25) is 0 Å². The highest BCUT2D eigenvalue weighted by atomic mass is 32.2. The molecule has 1 fully saturated rings. The molecule has 6 heteroatoms. The van der Waals surface area contributed by atoms with Crippen LogP contribution in [0.4, 0.5) is 0 Å². The van der Waals surface area contributed by atoms with Gasteiger partial charge in [-0.15, -0.1) is 11.8 Å². The Morgan fingerprint density at radius 3 is 2.82 bits per heavy atom. The largest absolute Gasteiger partial charge is 0.482 e. The topological polar surface area (TPSA) is 58.6 Å². The molecule has 0 saturated carbocycles. The van der Waals surface area contributed by atoms with E-state index in [4.69, 9.17) is 9.84 Å². The number of aliphatic carboxylic acids is 1. The molecule has 17 heavy (non-hydrogen) atoms. The van der Waals surface area contributed by atoms with E-state index in [1.807, 2.05) is 36.0 Å². The fourth-order valence-electron chi connectivity index (χ4n) is 1.46. The van der Waals surface area contributed by atoms with Crippen LogP contribution < -0.4 is 9.46 Å². The van der Waals surface area contributed by atoms with Gasteiger partial charge in [-0.2, -0.15) is 0 Å². The van der Waals surface area contributed by atoms with Crippen LogP contribution in [0.5, 0.6) is 5.75 Å². The molecule has 1 saturated heterocycles. The first-order chi connectivity index (χ1) is 8.24. The highest BCUT2D eigenvalue weighted by Gasteiger charge is 2.15. The number of carbonyl (C=O) groups is 1. The van der Waals surface area contributed by atoms with Gasteiger partial charge in [0, 0.05) is 0 Å². The van der Waals surface area contributed by atoms with E-state index in [2.05, 4.69) is 4.72 Å². The lowest BCUT2D eigenvalue weighted by Crippen LogP contribution is -2.16. The van der Waals surface area contributed by atoms with Gasteiger partial charge in [-0.1, -0.05) is 24.1 Å². The molecule has 2 N–H and O–H groups in total. The number of hydrogen-bond acceptors (Lipinski definition) is 5. The average Bonchev–Trinajstić information content (AvgIpc) is 2.81. The van der Waals surface area contributed by atoms with E-state index in [0.29, 0.717) is 11.1 Å². The van der Waals surface area contributed by atoms with E-state index in [9.17, 15) is 4.79 Å². The quantitative estimate of drug-likeness (QED) is 0.798. The summed E-state index contributed by atoms with van der Waals surface area (Å²) in [4.78, 5) is 10.3. The second kappa shape index (κ2) is 6.18. The smallest absolute Gasteiger partial charge is 0.341 e. The van der Waals surface area contributed by atoms with Crippen molar-refractivity contribution in [1.82, 2.24) is 4.72 Å². The third-order valence-corrected chi connectivity index (χ3v) is 4.55. The lowest BCUT2D eigenvalue weighted by Gasteiger charge is -2.09. The van der Waals surface area contributed by atoms with E-state index >= 15 is 0 Å². The van der Waals surface area contributed by atoms with Crippen molar-refractivity contribution in [3.8, 4) is 5.75 Å². The Morgan fingerprint density at radius 2 is 2.24 bits per heavy atom. The molecule has 0 aromatic heterocycles. The van der Waals surface area contributed by atoms with E-state index in [0.717, 1.165) is 11.5 Å². The molecule has 0 amide bonds. The Morgan fingerprint density at radius 1 is 1.47 bits per heavy atom. The Labute approximate surface area is 108 Å². The standard InChI is InChI=1S/C11H13NO3S2/c13-11(14)6-15-9-3-1-8(2-4-9)5-10-12-17-7-16-10/h1-4,10,12H,5-7H2,(H,13,14). The van der Waals surface area contributed by atoms with Gasteiger partial charge >= 0.3 is 5.97 Å². The number of carboxylic acid groups (broad SMARTS) is 1. The van der Waals surface area contributed by atoms with Gasteiger partial charge in [0.25, 0.3) is 0 Å². The van der Waals surface area contributed by atoms with E-state index in [1.54, 1.807) is 11.9 Å². The summed E-state index contributed by atoms with van der Waals surface area (Å²) in [5.41, 5.74) is 1.22. The molecular weight excluding hydrogens is 258 g/mol. The van der Waals surface area contributed by atoms with Crippen molar-refractivity contribution in [2.75, 3.05) is 11.7 Å². The number of rotatable bonds is 5. The zero-order valence-electron chi connectivity index (χ0n) is 9.09. The summed E-state index contributed by atoms with van der Waals surface area (Å²) in [6.07, 6.45) is 0.969. The zero-order chi connectivity index (χ0) is 12.1. The molecular formula is C11H13NO3S2. The Kier molecular flexibility index (Phi) is 4.58. The second-order valence-electron chi connectivity index (χ2n) is 3.57. The molecule has 1 unspecified atom stereocenters. The maximum atomic E-state index is 10.3. The van der Waals surface area contributed by atoms with Gasteiger partial charge in [-0.3, -0.25) is 4.72 Å². The monoisotopic (exact) mass is 271 g/mol. The van der Waals surface area contributed by atoms with Crippen molar-refractivity contribution in [1.29, 1.82) is 0 Å². The minimum absolute atomic E-state index is 0.296. The van der Waals surface area contributed by atoms with Crippen LogP contribution in [0, 0.1) is 0 Å². The molecule has 4 nitrogen and oxygen atoms in total. The molecule has 1 atom stereocenters. The molecule has 92 valence electrons. The van der Waals surface area contributed by atoms with Crippen molar-refractivity contribution >= 4 is 29.7 Å². The van der Waals surface area contributed by atoms with Crippen LogP contribution in [0.1, 0.15) is 5.56 Å². The van der Waals surface area contributed by atoms with E-state index in [1.165, 1.54) is 5.56 Å². The molecule has 0 spiro atoms. The molecule has 2 rings (SSSR count). The maximum Gasteiger partial charge on any atom is 0.341 e. The fraction of sp³-hybridized carbons (Fsp3) is 0.364. The van der Waals surface area contributed by atoms with Crippen molar-refractivity contribution in [2.45, 2.75) is 11.8 Å². The van der Waals surface area contributed by atoms with Gasteiger partial charge in [-0.05, 0) is 24.1 Å². The second-order valence-corrected chi connectivity index (χ2v) is 5.94. The predicted octanol–water partition coefficient (Wildman–Crippen LogP) is 1.96. The van der Waals surface area contributed by atoms with Gasteiger partial charge in [0.15, 0.2) is 6.61 Å². The third-order valence-electron chi connectivity index (χ3n) is 2.25. The minimum atomic E-state index is -0.961. The van der Waals surface area contributed by atoms with Crippen LogP contribution in [-0.4, -0.2) is 28.1 Å². The van der Waals surface area contributed by atoms with Crippen molar-refractivity contribution in [2.24, 2.45) is 0 Å². The molecule has 0 aliphatic carbocycles. The van der Waals surface area contributed by atoms with Crippen molar-refractivity contribution in [3.63, 3.8) is 0 Å². The molecule has 1 aliphatic rings. The Bertz CT molecular complexity index is 377. The first-order valence-electron chi connectivity index (χ1n) is 5.16. The zero-order valence-corrected chi connectivity index (χ0v) is 10.7. The molecule has 1 aromatic rings. The van der Waals surface area contributed by atoms with Crippen molar-refractivity contribution in [3.05, 3.63) is 29.8 Å². The van der Waals surface area contributed by atoms with E-state index < -0.39 is 5.97 Å². The number of thioether (sulfide) groups is 1. The van der Waals surface area contributed by atoms with Crippen LogP contribution >= 0.6 is 23.7 Å². The normalized spacial score (nSPS) is 19.2. The Hall–Kier alpha value is -0.850. The number of hydrogen-bond donors (Lipinski definition) is 2. The van der Waals surface area contributed by atoms with E-state index in [-0.39, 0.29) is 6.61 Å². The summed E-state index contributed by atoms with van der Waals surface area (Å²) in [5, 5.41) is 10.0. The summed E-state index contributed by atoms with van der Waals surface area (Å²) in [6.45, 7) is -0.296. The van der Waals surface area contributed by atoms with Gasteiger partial charge in [-0.25, -0.2) is 4.79 Å². The molecule has 1 aliphatic heterocycles. The number of benzene rings is 1. The summed E-state index contributed by atoms with van der Waals surface area (Å²) < 4.78 is 8.40. The first-order valence-corrected chi connectivity index (χ1v) is 7.20. The van der Waals surface area contributed by atoms with Crippen LogP contribution in [-0.2, 0) is 11.2 Å². The number of carboxylic acids is 1. The Balaban J connectivity index is 1.86. The predicted molar refractivity (Wildman–Crippen MR) is 70.2 cm³/mol. The fourth-order valence-corrected chi connectivity index (χ4v) is 3.72. The first kappa shape index (κ1) is 12.6. The summed E-state index contributed by atoms with van der Waals surface area (Å²) >= 11 is 3.64. The highest BCUT2D eigenvalue weighted by molar-refractivity contribution is 8.18. The van der Waals surface area contributed by atoms with Crippen LogP contribution in [0.25, 0.3) is 0 Å². The van der Waals surface area contributed by atoms with Crippen LogP contribution in [0.3, 0.4) is 0 Å². The van der Waals surface area contributed by atoms with Gasteiger partial charge in [0.2, 0.25) is 0 Å². The maximum absolute atomic E-state index is 10.3. The lowest BCUT2D eigenvalue weighted by molar-refractivity contribution is -0.139. The lowest BCUT2D eigenvalue weighted by atomic mass is 10.1. The number of nitrogens with one attached hydrogen (secondary N) is 1.